The molecule has 0 fully saturated rings. The van der Waals surface area contributed by atoms with E-state index in [4.69, 9.17) is 11.6 Å². The third kappa shape index (κ3) is 4.27. The van der Waals surface area contributed by atoms with Gasteiger partial charge in [0.05, 0.1) is 16.3 Å². The zero-order valence-electron chi connectivity index (χ0n) is 12.9. The van der Waals surface area contributed by atoms with Crippen LogP contribution in [0.5, 0.6) is 0 Å². The molecule has 2 amide bonds. The van der Waals surface area contributed by atoms with Crippen LogP contribution in [0.4, 0.5) is 5.69 Å². The molecule has 6 nitrogen and oxygen atoms in total. The second-order valence-electron chi connectivity index (χ2n) is 4.81. The fourth-order valence-corrected chi connectivity index (χ4v) is 2.82. The Kier molecular flexibility index (Phi) is 6.06. The van der Waals surface area contributed by atoms with E-state index >= 15 is 0 Å². The largest absolute Gasteiger partial charge is 0.352 e. The van der Waals surface area contributed by atoms with Crippen molar-refractivity contribution in [1.82, 2.24) is 14.9 Å². The van der Waals surface area contributed by atoms with Crippen LogP contribution in [0.15, 0.2) is 18.2 Å². The highest BCUT2D eigenvalue weighted by molar-refractivity contribution is 7.08. The molecular weight excluding hydrogens is 336 g/mol. The summed E-state index contributed by atoms with van der Waals surface area (Å²) in [5.41, 5.74) is 1.56. The van der Waals surface area contributed by atoms with Crippen LogP contribution in [0, 0.1) is 0 Å². The van der Waals surface area contributed by atoms with E-state index in [1.54, 1.807) is 18.2 Å². The van der Waals surface area contributed by atoms with Crippen molar-refractivity contribution in [2.75, 3.05) is 11.9 Å². The molecule has 122 valence electrons. The number of hydrogen-bond donors (Lipinski definition) is 2. The van der Waals surface area contributed by atoms with Gasteiger partial charge in [0.25, 0.3) is 11.8 Å². The van der Waals surface area contributed by atoms with E-state index in [0.29, 0.717) is 34.8 Å². The smallest absolute Gasteiger partial charge is 0.269 e. The van der Waals surface area contributed by atoms with Gasteiger partial charge in [-0.2, -0.15) is 0 Å². The topological polar surface area (TPSA) is 84.0 Å². The van der Waals surface area contributed by atoms with Crippen molar-refractivity contribution in [3.8, 4) is 0 Å². The SMILES string of the molecule is CCCNC(=O)c1ccc(NC(=O)c2snnc2CC)cc1Cl. The number of rotatable bonds is 6. The first kappa shape index (κ1) is 17.4. The van der Waals surface area contributed by atoms with Gasteiger partial charge < -0.3 is 10.6 Å². The first-order valence-electron chi connectivity index (χ1n) is 7.27. The number of benzene rings is 1. The Morgan fingerprint density at radius 2 is 2.04 bits per heavy atom. The number of aryl methyl sites for hydroxylation is 1. The summed E-state index contributed by atoms with van der Waals surface area (Å²) in [5, 5.41) is 9.70. The molecule has 0 radical (unpaired) electrons. The number of nitrogens with zero attached hydrogens (tertiary/aromatic N) is 2. The monoisotopic (exact) mass is 352 g/mol. The van der Waals surface area contributed by atoms with Crippen LogP contribution < -0.4 is 10.6 Å². The van der Waals surface area contributed by atoms with Crippen LogP contribution in [0.3, 0.4) is 0 Å². The molecule has 1 aromatic heterocycles. The highest BCUT2D eigenvalue weighted by Crippen LogP contribution is 2.22. The summed E-state index contributed by atoms with van der Waals surface area (Å²) in [5.74, 6) is -0.509. The van der Waals surface area contributed by atoms with Gasteiger partial charge in [-0.05, 0) is 42.6 Å². The maximum atomic E-state index is 12.2. The van der Waals surface area contributed by atoms with E-state index in [1.165, 1.54) is 0 Å². The molecule has 2 rings (SSSR count). The van der Waals surface area contributed by atoms with Gasteiger partial charge >= 0.3 is 0 Å². The van der Waals surface area contributed by atoms with Crippen molar-refractivity contribution in [2.45, 2.75) is 26.7 Å². The summed E-state index contributed by atoms with van der Waals surface area (Å²) in [6.45, 7) is 4.47. The molecule has 8 heteroatoms. The van der Waals surface area contributed by atoms with Crippen molar-refractivity contribution in [3.63, 3.8) is 0 Å². The van der Waals surface area contributed by atoms with Gasteiger partial charge in [0.2, 0.25) is 0 Å². The molecule has 2 N–H and O–H groups in total. The van der Waals surface area contributed by atoms with E-state index in [1.807, 2.05) is 13.8 Å². The van der Waals surface area contributed by atoms with Crippen molar-refractivity contribution in [1.29, 1.82) is 0 Å². The molecule has 0 aliphatic carbocycles. The second-order valence-corrected chi connectivity index (χ2v) is 5.97. The summed E-state index contributed by atoms with van der Waals surface area (Å²) in [6.07, 6.45) is 1.48. The number of hydrogen-bond acceptors (Lipinski definition) is 5. The van der Waals surface area contributed by atoms with Gasteiger partial charge in [-0.15, -0.1) is 5.10 Å². The van der Waals surface area contributed by atoms with Crippen LogP contribution in [0.1, 0.15) is 46.0 Å². The first-order chi connectivity index (χ1) is 11.1. The lowest BCUT2D eigenvalue weighted by Gasteiger charge is -2.09. The molecule has 1 aromatic carbocycles. The minimum atomic E-state index is -0.281. The van der Waals surface area contributed by atoms with Crippen LogP contribution in [-0.2, 0) is 6.42 Å². The Hall–Kier alpha value is -1.99. The van der Waals surface area contributed by atoms with Gasteiger partial charge in [0.1, 0.15) is 4.88 Å². The number of halogens is 1. The van der Waals surface area contributed by atoms with E-state index in [0.717, 1.165) is 18.0 Å². The molecule has 0 spiro atoms. The molecule has 0 saturated heterocycles. The zero-order valence-corrected chi connectivity index (χ0v) is 14.4. The molecule has 0 aliphatic heterocycles. The number of aromatic nitrogens is 2. The van der Waals surface area contributed by atoms with Gasteiger partial charge in [-0.3, -0.25) is 9.59 Å². The molecule has 0 atom stereocenters. The number of carbonyl (C=O) groups excluding carboxylic acids is 2. The normalized spacial score (nSPS) is 10.4. The molecule has 1 heterocycles. The third-order valence-electron chi connectivity index (χ3n) is 3.10. The molecule has 2 aromatic rings. The Balaban J connectivity index is 2.11. The predicted octanol–water partition coefficient (Wildman–Crippen LogP) is 3.15. The third-order valence-corrected chi connectivity index (χ3v) is 4.18. The zero-order chi connectivity index (χ0) is 16.8. The Labute approximate surface area is 143 Å². The van der Waals surface area contributed by atoms with Gasteiger partial charge in [0, 0.05) is 12.2 Å². The van der Waals surface area contributed by atoms with E-state index < -0.39 is 0 Å². The van der Waals surface area contributed by atoms with Crippen molar-refractivity contribution in [3.05, 3.63) is 39.4 Å². The number of amides is 2. The minimum absolute atomic E-state index is 0.227. The van der Waals surface area contributed by atoms with E-state index in [2.05, 4.69) is 20.2 Å². The van der Waals surface area contributed by atoms with Crippen molar-refractivity contribution < 1.29 is 9.59 Å². The van der Waals surface area contributed by atoms with Gasteiger partial charge in [-0.1, -0.05) is 29.9 Å². The van der Waals surface area contributed by atoms with E-state index in [9.17, 15) is 9.59 Å². The summed E-state index contributed by atoms with van der Waals surface area (Å²) in [7, 11) is 0. The lowest BCUT2D eigenvalue weighted by atomic mass is 10.2. The lowest BCUT2D eigenvalue weighted by Crippen LogP contribution is -2.24. The second kappa shape index (κ2) is 8.03. The van der Waals surface area contributed by atoms with Crippen LogP contribution in [0.2, 0.25) is 5.02 Å². The van der Waals surface area contributed by atoms with E-state index in [-0.39, 0.29) is 16.8 Å². The van der Waals surface area contributed by atoms with Gasteiger partial charge in [0.15, 0.2) is 0 Å². The highest BCUT2D eigenvalue weighted by atomic mass is 35.5. The maximum Gasteiger partial charge on any atom is 0.269 e. The molecule has 0 saturated carbocycles. The van der Waals surface area contributed by atoms with Crippen LogP contribution in [-0.4, -0.2) is 27.9 Å². The average Bonchev–Trinajstić information content (AvgIpc) is 3.01. The highest BCUT2D eigenvalue weighted by Gasteiger charge is 2.16. The number of anilines is 1. The Bertz CT molecular complexity index is 717. The number of nitrogens with one attached hydrogen (secondary N) is 2. The maximum absolute atomic E-state index is 12.2. The quantitative estimate of drug-likeness (QED) is 0.836. The fourth-order valence-electron chi connectivity index (χ4n) is 1.91. The summed E-state index contributed by atoms with van der Waals surface area (Å²) >= 11 is 7.19. The molecule has 0 aliphatic rings. The predicted molar refractivity (Wildman–Crippen MR) is 91.3 cm³/mol. The Morgan fingerprint density at radius 1 is 1.26 bits per heavy atom. The molecule has 0 bridgehead atoms. The van der Waals surface area contributed by atoms with Gasteiger partial charge in [-0.25, -0.2) is 0 Å². The van der Waals surface area contributed by atoms with Crippen LogP contribution >= 0.6 is 23.1 Å². The average molecular weight is 353 g/mol. The summed E-state index contributed by atoms with van der Waals surface area (Å²) in [4.78, 5) is 24.6. The Morgan fingerprint density at radius 3 is 2.70 bits per heavy atom. The molecule has 23 heavy (non-hydrogen) atoms. The van der Waals surface area contributed by atoms with Crippen molar-refractivity contribution >= 4 is 40.6 Å². The first-order valence-corrected chi connectivity index (χ1v) is 8.42. The van der Waals surface area contributed by atoms with Crippen molar-refractivity contribution in [2.24, 2.45) is 0 Å². The number of carbonyl (C=O) groups is 2. The molecule has 0 unspecified atom stereocenters. The lowest BCUT2D eigenvalue weighted by molar-refractivity contribution is 0.0953. The summed E-state index contributed by atoms with van der Waals surface area (Å²) < 4.78 is 3.79. The fraction of sp³-hybridized carbons (Fsp3) is 0.333. The standard InChI is InChI=1S/C15H17ClN4O2S/c1-3-7-17-14(21)10-6-5-9(8-11(10)16)18-15(22)13-12(4-2)19-20-23-13/h5-6,8H,3-4,7H2,1-2H3,(H,17,21)(H,18,22). The summed E-state index contributed by atoms with van der Waals surface area (Å²) in [6, 6.07) is 4.79. The molecular formula is C15H17ClN4O2S. The van der Waals surface area contributed by atoms with Crippen LogP contribution in [0.25, 0.3) is 0 Å². The minimum Gasteiger partial charge on any atom is -0.352 e.